The standard InChI is InChI=1S/C15H16N4O/c16-8-10-1-4-13-12(7-10)5-6-19(13)9-14-17-15(18-20-14)11-2-3-11/h1,4-7,11H,2-3,8-9,16H2. The second kappa shape index (κ2) is 4.45. The average molecular weight is 268 g/mol. The molecule has 1 saturated carbocycles. The molecule has 0 saturated heterocycles. The van der Waals surface area contributed by atoms with Crippen LogP contribution in [0.2, 0.25) is 0 Å². The number of nitrogens with zero attached hydrogens (tertiary/aromatic N) is 3. The highest BCUT2D eigenvalue weighted by Crippen LogP contribution is 2.38. The van der Waals surface area contributed by atoms with Crippen LogP contribution in [0.3, 0.4) is 0 Å². The van der Waals surface area contributed by atoms with Gasteiger partial charge < -0.3 is 14.8 Å². The van der Waals surface area contributed by atoms with Crippen molar-refractivity contribution in [2.75, 3.05) is 0 Å². The molecule has 0 unspecified atom stereocenters. The molecular weight excluding hydrogens is 252 g/mol. The Morgan fingerprint density at radius 2 is 2.20 bits per heavy atom. The first kappa shape index (κ1) is 11.7. The van der Waals surface area contributed by atoms with Gasteiger partial charge in [-0.25, -0.2) is 0 Å². The second-order valence-electron chi connectivity index (χ2n) is 5.36. The zero-order chi connectivity index (χ0) is 13.5. The smallest absolute Gasteiger partial charge is 0.246 e. The van der Waals surface area contributed by atoms with E-state index in [1.165, 1.54) is 18.2 Å². The van der Waals surface area contributed by atoms with E-state index in [2.05, 4.69) is 39.0 Å². The SMILES string of the molecule is NCc1ccc2c(ccn2Cc2nc(C3CC3)no2)c1. The van der Waals surface area contributed by atoms with Crippen molar-refractivity contribution in [1.29, 1.82) is 0 Å². The Bertz CT molecular complexity index is 754. The van der Waals surface area contributed by atoms with Crippen LogP contribution in [0.1, 0.15) is 36.0 Å². The molecule has 0 radical (unpaired) electrons. The normalized spacial score (nSPS) is 15.1. The number of aromatic nitrogens is 3. The summed E-state index contributed by atoms with van der Waals surface area (Å²) < 4.78 is 7.46. The molecule has 1 aliphatic rings. The summed E-state index contributed by atoms with van der Waals surface area (Å²) in [5.74, 6) is 2.06. The third-order valence-corrected chi connectivity index (χ3v) is 3.80. The van der Waals surface area contributed by atoms with Gasteiger partial charge in [-0.05, 0) is 42.0 Å². The van der Waals surface area contributed by atoms with Crippen LogP contribution in [0.15, 0.2) is 35.0 Å². The van der Waals surface area contributed by atoms with Crippen LogP contribution >= 0.6 is 0 Å². The Morgan fingerprint density at radius 3 is 3.00 bits per heavy atom. The van der Waals surface area contributed by atoms with Crippen LogP contribution in [0.5, 0.6) is 0 Å². The molecule has 2 heterocycles. The molecule has 20 heavy (non-hydrogen) atoms. The van der Waals surface area contributed by atoms with Crippen molar-refractivity contribution in [3.05, 3.63) is 47.7 Å². The van der Waals surface area contributed by atoms with Gasteiger partial charge in [-0.15, -0.1) is 0 Å². The van der Waals surface area contributed by atoms with Crippen LogP contribution in [0, 0.1) is 0 Å². The molecule has 2 N–H and O–H groups in total. The highest BCUT2D eigenvalue weighted by atomic mass is 16.5. The largest absolute Gasteiger partial charge is 0.338 e. The van der Waals surface area contributed by atoms with Crippen molar-refractivity contribution >= 4 is 10.9 Å². The summed E-state index contributed by atoms with van der Waals surface area (Å²) in [5, 5.41) is 5.24. The number of hydrogen-bond acceptors (Lipinski definition) is 4. The predicted octanol–water partition coefficient (Wildman–Crippen LogP) is 2.41. The number of benzene rings is 1. The van der Waals surface area contributed by atoms with Gasteiger partial charge in [-0.1, -0.05) is 11.2 Å². The minimum atomic E-state index is 0.529. The lowest BCUT2D eigenvalue weighted by Crippen LogP contribution is -1.99. The third kappa shape index (κ3) is 2.00. The zero-order valence-electron chi connectivity index (χ0n) is 11.1. The average Bonchev–Trinajstić information content (AvgIpc) is 3.10. The zero-order valence-corrected chi connectivity index (χ0v) is 11.1. The first-order chi connectivity index (χ1) is 9.83. The highest BCUT2D eigenvalue weighted by molar-refractivity contribution is 5.80. The van der Waals surface area contributed by atoms with E-state index in [4.69, 9.17) is 10.3 Å². The van der Waals surface area contributed by atoms with E-state index in [9.17, 15) is 0 Å². The van der Waals surface area contributed by atoms with Crippen molar-refractivity contribution in [2.24, 2.45) is 5.73 Å². The van der Waals surface area contributed by atoms with Gasteiger partial charge in [-0.3, -0.25) is 0 Å². The van der Waals surface area contributed by atoms with E-state index in [1.807, 2.05) is 6.20 Å². The fourth-order valence-electron chi connectivity index (χ4n) is 2.50. The van der Waals surface area contributed by atoms with Crippen molar-refractivity contribution in [2.45, 2.75) is 31.8 Å². The Balaban J connectivity index is 1.63. The van der Waals surface area contributed by atoms with E-state index in [0.717, 1.165) is 16.9 Å². The minimum Gasteiger partial charge on any atom is -0.338 e. The molecule has 5 heteroatoms. The van der Waals surface area contributed by atoms with Gasteiger partial charge in [0.25, 0.3) is 0 Å². The maximum atomic E-state index is 5.67. The first-order valence-electron chi connectivity index (χ1n) is 6.94. The van der Waals surface area contributed by atoms with Crippen LogP contribution in [0.25, 0.3) is 10.9 Å². The number of rotatable bonds is 4. The summed E-state index contributed by atoms with van der Waals surface area (Å²) >= 11 is 0. The first-order valence-corrected chi connectivity index (χ1v) is 6.94. The molecule has 102 valence electrons. The molecule has 0 bridgehead atoms. The molecule has 0 amide bonds. The van der Waals surface area contributed by atoms with Gasteiger partial charge in [0.05, 0.1) is 0 Å². The summed E-state index contributed by atoms with van der Waals surface area (Å²) in [5.41, 5.74) is 7.97. The van der Waals surface area contributed by atoms with Gasteiger partial charge in [0.15, 0.2) is 5.82 Å². The van der Waals surface area contributed by atoms with Crippen LogP contribution in [0.4, 0.5) is 0 Å². The lowest BCUT2D eigenvalue weighted by atomic mass is 10.1. The predicted molar refractivity (Wildman–Crippen MR) is 75.2 cm³/mol. The summed E-state index contributed by atoms with van der Waals surface area (Å²) in [6.45, 7) is 1.18. The molecule has 1 fully saturated rings. The van der Waals surface area contributed by atoms with E-state index in [0.29, 0.717) is 24.9 Å². The lowest BCUT2D eigenvalue weighted by molar-refractivity contribution is 0.367. The summed E-state index contributed by atoms with van der Waals surface area (Å²) in [4.78, 5) is 4.47. The lowest BCUT2D eigenvalue weighted by Gasteiger charge is -2.02. The summed E-state index contributed by atoms with van der Waals surface area (Å²) in [6.07, 6.45) is 4.42. The molecule has 1 aliphatic carbocycles. The molecule has 1 aromatic carbocycles. The minimum absolute atomic E-state index is 0.529. The Hall–Kier alpha value is -2.14. The van der Waals surface area contributed by atoms with E-state index >= 15 is 0 Å². The fraction of sp³-hybridized carbons (Fsp3) is 0.333. The molecule has 0 aliphatic heterocycles. The van der Waals surface area contributed by atoms with E-state index in [1.54, 1.807) is 0 Å². The Morgan fingerprint density at radius 1 is 1.30 bits per heavy atom. The van der Waals surface area contributed by atoms with Gasteiger partial charge in [0.1, 0.15) is 6.54 Å². The van der Waals surface area contributed by atoms with Crippen molar-refractivity contribution in [1.82, 2.24) is 14.7 Å². The second-order valence-corrected chi connectivity index (χ2v) is 5.36. The fourth-order valence-corrected chi connectivity index (χ4v) is 2.50. The molecule has 5 nitrogen and oxygen atoms in total. The maximum Gasteiger partial charge on any atom is 0.246 e. The number of hydrogen-bond donors (Lipinski definition) is 1. The Kier molecular flexibility index (Phi) is 2.60. The van der Waals surface area contributed by atoms with Gasteiger partial charge in [-0.2, -0.15) is 4.98 Å². The van der Waals surface area contributed by atoms with Crippen LogP contribution in [-0.4, -0.2) is 14.7 Å². The summed E-state index contributed by atoms with van der Waals surface area (Å²) in [7, 11) is 0. The topological polar surface area (TPSA) is 69.9 Å². The van der Waals surface area contributed by atoms with Crippen molar-refractivity contribution in [3.8, 4) is 0 Å². The number of nitrogens with two attached hydrogens (primary N) is 1. The molecule has 2 aromatic heterocycles. The third-order valence-electron chi connectivity index (χ3n) is 3.80. The quantitative estimate of drug-likeness (QED) is 0.788. The molecule has 3 aromatic rings. The van der Waals surface area contributed by atoms with Crippen LogP contribution < -0.4 is 5.73 Å². The molecule has 0 atom stereocenters. The monoisotopic (exact) mass is 268 g/mol. The van der Waals surface area contributed by atoms with Gasteiger partial charge in [0, 0.05) is 24.2 Å². The van der Waals surface area contributed by atoms with E-state index < -0.39 is 0 Å². The number of fused-ring (bicyclic) bond motifs is 1. The molecule has 4 rings (SSSR count). The highest BCUT2D eigenvalue weighted by Gasteiger charge is 2.28. The molecular formula is C15H16N4O. The van der Waals surface area contributed by atoms with Gasteiger partial charge >= 0.3 is 0 Å². The Labute approximate surface area is 116 Å². The summed E-state index contributed by atoms with van der Waals surface area (Å²) in [6, 6.07) is 8.36. The maximum absolute atomic E-state index is 5.67. The van der Waals surface area contributed by atoms with Crippen molar-refractivity contribution in [3.63, 3.8) is 0 Å². The van der Waals surface area contributed by atoms with Gasteiger partial charge in [0.2, 0.25) is 5.89 Å². The van der Waals surface area contributed by atoms with Crippen molar-refractivity contribution < 1.29 is 4.52 Å². The van der Waals surface area contributed by atoms with E-state index in [-0.39, 0.29) is 0 Å². The molecule has 0 spiro atoms. The van der Waals surface area contributed by atoms with Crippen LogP contribution in [-0.2, 0) is 13.1 Å².